The standard InChI is InChI=1S/C17H16Cl2O2/c1-2-17(16(20)21,13-6-4-3-5-7-13)11-12-8-9-14(18)15(19)10-12/h3-10H,2,11H2,1H3,(H,20,21). The molecule has 0 heterocycles. The Labute approximate surface area is 134 Å². The number of aliphatic carboxylic acids is 1. The normalized spacial score (nSPS) is 13.7. The molecule has 0 aliphatic carbocycles. The number of carbonyl (C=O) groups is 1. The molecular formula is C17H16Cl2O2. The van der Waals surface area contributed by atoms with Gasteiger partial charge in [0.05, 0.1) is 15.5 Å². The van der Waals surface area contributed by atoms with Crippen molar-refractivity contribution in [3.05, 3.63) is 69.7 Å². The van der Waals surface area contributed by atoms with Gasteiger partial charge in [0, 0.05) is 0 Å². The monoisotopic (exact) mass is 322 g/mol. The van der Waals surface area contributed by atoms with E-state index < -0.39 is 11.4 Å². The highest BCUT2D eigenvalue weighted by molar-refractivity contribution is 6.42. The number of carboxylic acids is 1. The van der Waals surface area contributed by atoms with Crippen LogP contribution in [0.2, 0.25) is 10.0 Å². The van der Waals surface area contributed by atoms with Crippen molar-refractivity contribution in [2.45, 2.75) is 25.2 Å². The third kappa shape index (κ3) is 3.22. The Bertz CT molecular complexity index is 640. The molecule has 0 radical (unpaired) electrons. The maximum Gasteiger partial charge on any atom is 0.314 e. The molecule has 1 N–H and O–H groups in total. The van der Waals surface area contributed by atoms with Crippen molar-refractivity contribution in [2.75, 3.05) is 0 Å². The number of rotatable bonds is 5. The van der Waals surface area contributed by atoms with E-state index in [1.54, 1.807) is 12.1 Å². The van der Waals surface area contributed by atoms with Gasteiger partial charge in [-0.15, -0.1) is 0 Å². The Morgan fingerprint density at radius 2 is 1.76 bits per heavy atom. The lowest BCUT2D eigenvalue weighted by Gasteiger charge is -2.29. The van der Waals surface area contributed by atoms with E-state index >= 15 is 0 Å². The van der Waals surface area contributed by atoms with Crippen molar-refractivity contribution in [1.29, 1.82) is 0 Å². The van der Waals surface area contributed by atoms with Crippen LogP contribution in [0.4, 0.5) is 0 Å². The van der Waals surface area contributed by atoms with E-state index in [4.69, 9.17) is 23.2 Å². The van der Waals surface area contributed by atoms with Crippen LogP contribution in [0.1, 0.15) is 24.5 Å². The summed E-state index contributed by atoms with van der Waals surface area (Å²) in [6, 6.07) is 14.6. The number of benzene rings is 2. The second-order valence-corrected chi connectivity index (χ2v) is 5.85. The molecule has 0 amide bonds. The molecule has 2 nitrogen and oxygen atoms in total. The first-order valence-corrected chi connectivity index (χ1v) is 7.48. The third-order valence-electron chi connectivity index (χ3n) is 3.83. The predicted molar refractivity (Wildman–Crippen MR) is 86.2 cm³/mol. The molecule has 2 rings (SSSR count). The van der Waals surface area contributed by atoms with Gasteiger partial charge in [-0.25, -0.2) is 0 Å². The Morgan fingerprint density at radius 3 is 2.29 bits per heavy atom. The Hall–Kier alpha value is -1.51. The minimum atomic E-state index is -0.960. The lowest BCUT2D eigenvalue weighted by molar-refractivity contribution is -0.144. The molecule has 0 aromatic heterocycles. The van der Waals surface area contributed by atoms with Gasteiger partial charge in [0.1, 0.15) is 0 Å². The van der Waals surface area contributed by atoms with Gasteiger partial charge in [0.15, 0.2) is 0 Å². The molecule has 4 heteroatoms. The lowest BCUT2D eigenvalue weighted by atomic mass is 9.73. The van der Waals surface area contributed by atoms with E-state index in [9.17, 15) is 9.90 Å². The Kier molecular flexibility index (Phi) is 4.92. The number of halogens is 2. The van der Waals surface area contributed by atoms with Crippen LogP contribution >= 0.6 is 23.2 Å². The molecule has 110 valence electrons. The van der Waals surface area contributed by atoms with E-state index in [0.717, 1.165) is 11.1 Å². The summed E-state index contributed by atoms with van der Waals surface area (Å²) in [5.41, 5.74) is 0.696. The van der Waals surface area contributed by atoms with Crippen LogP contribution in [0.25, 0.3) is 0 Å². The average Bonchev–Trinajstić information content (AvgIpc) is 2.49. The molecular weight excluding hydrogens is 307 g/mol. The van der Waals surface area contributed by atoms with E-state index in [1.165, 1.54) is 0 Å². The summed E-state index contributed by atoms with van der Waals surface area (Å²) in [4.78, 5) is 12.0. The molecule has 0 aliphatic heterocycles. The van der Waals surface area contributed by atoms with Gasteiger partial charge < -0.3 is 5.11 Å². The van der Waals surface area contributed by atoms with E-state index in [2.05, 4.69) is 0 Å². The van der Waals surface area contributed by atoms with Crippen LogP contribution in [0.5, 0.6) is 0 Å². The molecule has 0 fully saturated rings. The van der Waals surface area contributed by atoms with Crippen LogP contribution in [-0.4, -0.2) is 11.1 Å². The second kappa shape index (κ2) is 6.50. The van der Waals surface area contributed by atoms with Crippen molar-refractivity contribution in [3.63, 3.8) is 0 Å². The average molecular weight is 323 g/mol. The maximum absolute atomic E-state index is 12.0. The summed E-state index contributed by atoms with van der Waals surface area (Å²) in [6.45, 7) is 1.89. The molecule has 1 atom stereocenters. The fourth-order valence-electron chi connectivity index (χ4n) is 2.54. The van der Waals surface area contributed by atoms with Crippen LogP contribution in [-0.2, 0) is 16.6 Å². The summed E-state index contributed by atoms with van der Waals surface area (Å²) >= 11 is 11.9. The van der Waals surface area contributed by atoms with Gasteiger partial charge >= 0.3 is 5.97 Å². The highest BCUT2D eigenvalue weighted by atomic mass is 35.5. The summed E-state index contributed by atoms with van der Waals surface area (Å²) in [6.07, 6.45) is 0.867. The molecule has 0 saturated heterocycles. The fourth-order valence-corrected chi connectivity index (χ4v) is 2.86. The first kappa shape index (κ1) is 15.9. The molecule has 1 unspecified atom stereocenters. The number of hydrogen-bond donors (Lipinski definition) is 1. The van der Waals surface area contributed by atoms with Crippen molar-refractivity contribution >= 4 is 29.2 Å². The van der Waals surface area contributed by atoms with Gasteiger partial charge in [-0.2, -0.15) is 0 Å². The minimum Gasteiger partial charge on any atom is -0.481 e. The van der Waals surface area contributed by atoms with Crippen LogP contribution < -0.4 is 0 Å². The molecule has 2 aromatic carbocycles. The zero-order chi connectivity index (χ0) is 15.5. The second-order valence-electron chi connectivity index (χ2n) is 5.03. The highest BCUT2D eigenvalue weighted by Gasteiger charge is 2.38. The zero-order valence-electron chi connectivity index (χ0n) is 11.6. The summed E-state index contributed by atoms with van der Waals surface area (Å²) in [5.74, 6) is -0.831. The van der Waals surface area contributed by atoms with Crippen LogP contribution in [0, 0.1) is 0 Å². The largest absolute Gasteiger partial charge is 0.481 e. The number of carboxylic acid groups (broad SMARTS) is 1. The molecule has 0 bridgehead atoms. The van der Waals surface area contributed by atoms with Gasteiger partial charge in [0.2, 0.25) is 0 Å². The SMILES string of the molecule is CCC(Cc1ccc(Cl)c(Cl)c1)(C(=O)O)c1ccccc1. The molecule has 0 aliphatic rings. The molecule has 0 saturated carbocycles. The summed E-state index contributed by atoms with van der Waals surface area (Å²) in [7, 11) is 0. The summed E-state index contributed by atoms with van der Waals surface area (Å²) in [5, 5.41) is 10.7. The summed E-state index contributed by atoms with van der Waals surface area (Å²) < 4.78 is 0. The molecule has 2 aromatic rings. The smallest absolute Gasteiger partial charge is 0.314 e. The van der Waals surface area contributed by atoms with Gasteiger partial charge in [-0.3, -0.25) is 4.79 Å². The predicted octanol–water partition coefficient (Wildman–Crippen LogP) is 4.97. The van der Waals surface area contributed by atoms with E-state index in [0.29, 0.717) is 22.9 Å². The van der Waals surface area contributed by atoms with Gasteiger partial charge in [-0.05, 0) is 36.1 Å². The third-order valence-corrected chi connectivity index (χ3v) is 4.57. The van der Waals surface area contributed by atoms with Gasteiger partial charge in [0.25, 0.3) is 0 Å². The number of hydrogen-bond acceptors (Lipinski definition) is 1. The minimum absolute atomic E-state index is 0.375. The van der Waals surface area contributed by atoms with Gasteiger partial charge in [-0.1, -0.05) is 66.5 Å². The van der Waals surface area contributed by atoms with E-state index in [1.807, 2.05) is 43.3 Å². The Morgan fingerprint density at radius 1 is 1.10 bits per heavy atom. The molecule has 21 heavy (non-hydrogen) atoms. The van der Waals surface area contributed by atoms with E-state index in [-0.39, 0.29) is 0 Å². The highest BCUT2D eigenvalue weighted by Crippen LogP contribution is 2.34. The quantitative estimate of drug-likeness (QED) is 0.843. The van der Waals surface area contributed by atoms with Crippen molar-refractivity contribution in [2.24, 2.45) is 0 Å². The maximum atomic E-state index is 12.0. The van der Waals surface area contributed by atoms with Crippen molar-refractivity contribution < 1.29 is 9.90 Å². The molecule has 0 spiro atoms. The topological polar surface area (TPSA) is 37.3 Å². The zero-order valence-corrected chi connectivity index (χ0v) is 13.2. The first-order valence-electron chi connectivity index (χ1n) is 6.72. The fraction of sp³-hybridized carbons (Fsp3) is 0.235. The Balaban J connectivity index is 2.46. The lowest BCUT2D eigenvalue weighted by Crippen LogP contribution is -2.37. The van der Waals surface area contributed by atoms with Crippen LogP contribution in [0.3, 0.4) is 0 Å². The first-order chi connectivity index (χ1) is 9.99. The van der Waals surface area contributed by atoms with Crippen molar-refractivity contribution in [1.82, 2.24) is 0 Å². The van der Waals surface area contributed by atoms with Crippen molar-refractivity contribution in [3.8, 4) is 0 Å². The van der Waals surface area contributed by atoms with Crippen LogP contribution in [0.15, 0.2) is 48.5 Å².